The lowest BCUT2D eigenvalue weighted by molar-refractivity contribution is 0.154. The molecule has 0 radical (unpaired) electrons. The van der Waals surface area contributed by atoms with Crippen LogP contribution in [0.2, 0.25) is 0 Å². The average Bonchev–Trinajstić information content (AvgIpc) is 2.32. The Morgan fingerprint density at radius 3 is 2.45 bits per heavy atom. The van der Waals surface area contributed by atoms with E-state index in [1.807, 2.05) is 13.8 Å². The molecule has 0 bridgehead atoms. The number of hydrogen-bond acceptors (Lipinski definition) is 2. The monoisotopic (exact) mass is 177 g/mol. The smallest absolute Gasteiger partial charge is 0.249 e. The third kappa shape index (κ3) is 1.74. The van der Waals surface area contributed by atoms with Crippen molar-refractivity contribution >= 4 is 11.3 Å². The molecule has 62 valence electrons. The molecule has 0 aliphatic heterocycles. The summed E-state index contributed by atoms with van der Waals surface area (Å²) in [5.41, 5.74) is 2.00. The molecule has 0 spiro atoms. The summed E-state index contributed by atoms with van der Waals surface area (Å²) in [4.78, 5) is 3.99. The number of nitrogens with zero attached hydrogens (tertiary/aromatic N) is 1. The Kier molecular flexibility index (Phi) is 2.54. The minimum Gasteiger partial charge on any atom is -0.249 e. The molecule has 0 aliphatic rings. The maximum absolute atomic E-state index is 12.2. The van der Waals surface area contributed by atoms with Gasteiger partial charge in [0, 0.05) is 0 Å². The number of aromatic nitrogens is 1. The first kappa shape index (κ1) is 8.59. The van der Waals surface area contributed by atoms with Crippen LogP contribution in [0.25, 0.3) is 0 Å². The third-order valence-corrected chi connectivity index (χ3v) is 2.22. The minimum absolute atomic E-state index is 0.0882. The van der Waals surface area contributed by atoms with E-state index in [2.05, 4.69) is 4.98 Å². The van der Waals surface area contributed by atoms with Gasteiger partial charge in [-0.2, -0.15) is 0 Å². The van der Waals surface area contributed by atoms with Crippen LogP contribution in [0, 0.1) is 0 Å². The van der Waals surface area contributed by atoms with Gasteiger partial charge in [0.05, 0.1) is 16.1 Å². The minimum atomic E-state index is -2.38. The highest BCUT2D eigenvalue weighted by Crippen LogP contribution is 2.30. The molecule has 1 aromatic rings. The highest BCUT2D eigenvalue weighted by Gasteiger charge is 2.17. The Morgan fingerprint density at radius 1 is 1.45 bits per heavy atom. The molecule has 11 heavy (non-hydrogen) atoms. The average molecular weight is 177 g/mol. The Balaban J connectivity index is 2.96. The van der Waals surface area contributed by atoms with Crippen molar-refractivity contribution in [3.05, 3.63) is 16.1 Å². The van der Waals surface area contributed by atoms with Crippen LogP contribution in [-0.4, -0.2) is 4.98 Å². The summed E-state index contributed by atoms with van der Waals surface area (Å²) in [6.07, 6.45) is -2.38. The standard InChI is InChI=1S/C7H9F2NS/c1-4(2)5-6(7(8)9)11-3-10-5/h3-4,7H,1-2H3. The third-order valence-electron chi connectivity index (χ3n) is 1.37. The topological polar surface area (TPSA) is 12.9 Å². The van der Waals surface area contributed by atoms with Crippen LogP contribution in [0.4, 0.5) is 8.78 Å². The van der Waals surface area contributed by atoms with Gasteiger partial charge in [0.25, 0.3) is 6.43 Å². The highest BCUT2D eigenvalue weighted by molar-refractivity contribution is 7.09. The number of thiazole rings is 1. The van der Waals surface area contributed by atoms with Gasteiger partial charge in [-0.05, 0) is 5.92 Å². The van der Waals surface area contributed by atoms with Crippen molar-refractivity contribution in [3.8, 4) is 0 Å². The summed E-state index contributed by atoms with van der Waals surface area (Å²) in [6, 6.07) is 0. The van der Waals surface area contributed by atoms with Crippen LogP contribution >= 0.6 is 11.3 Å². The van der Waals surface area contributed by atoms with E-state index in [4.69, 9.17) is 0 Å². The Labute approximate surface area is 68.1 Å². The lowest BCUT2D eigenvalue weighted by Gasteiger charge is -2.02. The number of halogens is 2. The number of rotatable bonds is 2. The van der Waals surface area contributed by atoms with Crippen molar-refractivity contribution in [3.63, 3.8) is 0 Å². The van der Waals surface area contributed by atoms with E-state index in [0.717, 1.165) is 11.3 Å². The van der Waals surface area contributed by atoms with Gasteiger partial charge in [-0.25, -0.2) is 13.8 Å². The molecular formula is C7H9F2NS. The maximum atomic E-state index is 12.2. The zero-order valence-corrected chi connectivity index (χ0v) is 7.16. The van der Waals surface area contributed by atoms with E-state index in [1.54, 1.807) is 0 Å². The van der Waals surface area contributed by atoms with E-state index >= 15 is 0 Å². The SMILES string of the molecule is CC(C)c1ncsc1C(F)F. The quantitative estimate of drug-likeness (QED) is 0.676. The second-order valence-corrected chi connectivity index (χ2v) is 3.44. The zero-order chi connectivity index (χ0) is 8.43. The predicted molar refractivity (Wildman–Crippen MR) is 41.2 cm³/mol. The van der Waals surface area contributed by atoms with E-state index in [0.29, 0.717) is 5.69 Å². The van der Waals surface area contributed by atoms with Gasteiger partial charge in [0.15, 0.2) is 0 Å². The fraction of sp³-hybridized carbons (Fsp3) is 0.571. The summed E-state index contributed by atoms with van der Waals surface area (Å²) in [7, 11) is 0. The molecule has 0 unspecified atom stereocenters. The molecule has 1 aromatic heterocycles. The van der Waals surface area contributed by atoms with E-state index in [1.165, 1.54) is 5.51 Å². The maximum Gasteiger partial charge on any atom is 0.274 e. The summed E-state index contributed by atoms with van der Waals surface area (Å²) in [5.74, 6) is 0.0882. The van der Waals surface area contributed by atoms with Gasteiger partial charge < -0.3 is 0 Å². The molecule has 1 rings (SSSR count). The van der Waals surface area contributed by atoms with Crippen LogP contribution < -0.4 is 0 Å². The Morgan fingerprint density at radius 2 is 2.09 bits per heavy atom. The largest absolute Gasteiger partial charge is 0.274 e. The van der Waals surface area contributed by atoms with Crippen molar-refractivity contribution in [1.29, 1.82) is 0 Å². The molecule has 1 nitrogen and oxygen atoms in total. The van der Waals surface area contributed by atoms with Crippen molar-refractivity contribution in [2.45, 2.75) is 26.2 Å². The predicted octanol–water partition coefficient (Wildman–Crippen LogP) is 3.20. The molecule has 0 fully saturated rings. The first-order valence-corrected chi connectivity index (χ1v) is 4.22. The lowest BCUT2D eigenvalue weighted by atomic mass is 10.1. The normalized spacial score (nSPS) is 11.5. The molecule has 0 saturated heterocycles. The Bertz CT molecular complexity index is 210. The first-order chi connectivity index (χ1) is 5.13. The van der Waals surface area contributed by atoms with Crippen molar-refractivity contribution in [2.24, 2.45) is 0 Å². The second kappa shape index (κ2) is 3.26. The lowest BCUT2D eigenvalue weighted by Crippen LogP contribution is -1.93. The number of hydrogen-bond donors (Lipinski definition) is 0. The van der Waals surface area contributed by atoms with Gasteiger partial charge in [-0.15, -0.1) is 11.3 Å². The highest BCUT2D eigenvalue weighted by atomic mass is 32.1. The second-order valence-electron chi connectivity index (χ2n) is 2.56. The van der Waals surface area contributed by atoms with Crippen LogP contribution in [0.3, 0.4) is 0 Å². The van der Waals surface area contributed by atoms with Crippen LogP contribution in [0.1, 0.15) is 36.8 Å². The fourth-order valence-electron chi connectivity index (χ4n) is 0.861. The van der Waals surface area contributed by atoms with E-state index < -0.39 is 6.43 Å². The molecule has 4 heteroatoms. The van der Waals surface area contributed by atoms with Crippen LogP contribution in [0.15, 0.2) is 5.51 Å². The number of alkyl halides is 2. The molecule has 1 heterocycles. The molecule has 0 aromatic carbocycles. The van der Waals surface area contributed by atoms with Crippen molar-refractivity contribution < 1.29 is 8.78 Å². The van der Waals surface area contributed by atoms with Gasteiger partial charge in [-0.3, -0.25) is 0 Å². The molecule has 0 atom stereocenters. The zero-order valence-electron chi connectivity index (χ0n) is 6.34. The summed E-state index contributed by atoms with van der Waals surface area (Å²) < 4.78 is 24.4. The van der Waals surface area contributed by atoms with E-state index in [9.17, 15) is 8.78 Å². The summed E-state index contributed by atoms with van der Waals surface area (Å²) in [6.45, 7) is 3.72. The van der Waals surface area contributed by atoms with Gasteiger partial charge in [-0.1, -0.05) is 13.8 Å². The molecule has 0 saturated carbocycles. The van der Waals surface area contributed by atoms with Crippen molar-refractivity contribution in [2.75, 3.05) is 0 Å². The molecule has 0 N–H and O–H groups in total. The van der Waals surface area contributed by atoms with Gasteiger partial charge >= 0.3 is 0 Å². The van der Waals surface area contributed by atoms with Gasteiger partial charge in [0.2, 0.25) is 0 Å². The molecule has 0 aliphatic carbocycles. The van der Waals surface area contributed by atoms with Crippen LogP contribution in [-0.2, 0) is 0 Å². The Hall–Kier alpha value is -0.510. The molecule has 0 amide bonds. The molecular weight excluding hydrogens is 168 g/mol. The summed E-state index contributed by atoms with van der Waals surface area (Å²) in [5, 5.41) is 0. The van der Waals surface area contributed by atoms with E-state index in [-0.39, 0.29) is 10.8 Å². The fourth-order valence-corrected chi connectivity index (χ4v) is 1.65. The van der Waals surface area contributed by atoms with Crippen molar-refractivity contribution in [1.82, 2.24) is 4.98 Å². The van der Waals surface area contributed by atoms with Gasteiger partial charge in [0.1, 0.15) is 0 Å². The summed E-state index contributed by atoms with van der Waals surface area (Å²) >= 11 is 1.02. The first-order valence-electron chi connectivity index (χ1n) is 3.34. The van der Waals surface area contributed by atoms with Crippen LogP contribution in [0.5, 0.6) is 0 Å².